The van der Waals surface area contributed by atoms with Crippen LogP contribution < -0.4 is 0 Å². The van der Waals surface area contributed by atoms with Gasteiger partial charge < -0.3 is 5.11 Å². The Balaban J connectivity index is 3.62. The minimum Gasteiger partial charge on any atom is -0.478 e. The zero-order valence-corrected chi connectivity index (χ0v) is 16.2. The maximum atomic E-state index is 10.2. The van der Waals surface area contributed by atoms with E-state index in [2.05, 4.69) is 17.9 Å². The Morgan fingerprint density at radius 1 is 0.846 bits per heavy atom. The van der Waals surface area contributed by atoms with Gasteiger partial charge in [-0.25, -0.2) is 9.68 Å². The third kappa shape index (κ3) is 18.7. The van der Waals surface area contributed by atoms with Gasteiger partial charge in [0.25, 0.3) is 0 Å². The molecule has 26 heavy (non-hydrogen) atoms. The summed E-state index contributed by atoms with van der Waals surface area (Å²) < 4.78 is 0. The monoisotopic (exact) mass is 364 g/mol. The van der Waals surface area contributed by atoms with E-state index in [0.717, 1.165) is 44.6 Å². The van der Waals surface area contributed by atoms with E-state index in [1.807, 2.05) is 18.2 Å². The summed E-state index contributed by atoms with van der Waals surface area (Å²) >= 11 is 0. The van der Waals surface area contributed by atoms with E-state index in [-0.39, 0.29) is 6.10 Å². The first-order chi connectivity index (χ1) is 12.7. The molecule has 0 fully saturated rings. The summed E-state index contributed by atoms with van der Waals surface area (Å²) in [6.07, 6.45) is 26.5. The second kappa shape index (κ2) is 19.7. The number of aliphatic carboxylic acids is 1. The Morgan fingerprint density at radius 2 is 1.42 bits per heavy atom. The molecular weight excluding hydrogens is 328 g/mol. The molecule has 0 radical (unpaired) electrons. The molecule has 0 rings (SSSR count). The van der Waals surface area contributed by atoms with Crippen LogP contribution in [0.4, 0.5) is 0 Å². The number of carboxylic acids is 1. The van der Waals surface area contributed by atoms with Gasteiger partial charge in [-0.05, 0) is 25.7 Å². The fourth-order valence-corrected chi connectivity index (χ4v) is 2.61. The number of allylic oxidation sites excluding steroid dienone is 7. The minimum absolute atomic E-state index is 0.0194. The van der Waals surface area contributed by atoms with E-state index >= 15 is 0 Å². The first-order valence-electron chi connectivity index (χ1n) is 9.90. The third-order valence-corrected chi connectivity index (χ3v) is 4.11. The molecule has 0 aromatic rings. The van der Waals surface area contributed by atoms with Crippen LogP contribution in [0.1, 0.15) is 77.6 Å². The summed E-state index contributed by atoms with van der Waals surface area (Å²) in [6.45, 7) is 2.22. The Labute approximate surface area is 158 Å². The molecule has 0 spiro atoms. The first kappa shape index (κ1) is 24.4. The lowest BCUT2D eigenvalue weighted by Gasteiger charge is -2.12. The molecule has 0 aliphatic carbocycles. The van der Waals surface area contributed by atoms with Crippen LogP contribution in [0.3, 0.4) is 0 Å². The third-order valence-electron chi connectivity index (χ3n) is 4.11. The van der Waals surface area contributed by atoms with Crippen molar-refractivity contribution in [3.05, 3.63) is 48.6 Å². The second-order valence-corrected chi connectivity index (χ2v) is 6.46. The molecule has 0 saturated heterocycles. The molecule has 148 valence electrons. The highest BCUT2D eigenvalue weighted by molar-refractivity contribution is 5.80. The topological polar surface area (TPSA) is 66.8 Å². The molecule has 0 bridgehead atoms. The average molecular weight is 365 g/mol. The molecule has 0 saturated carbocycles. The maximum Gasteiger partial charge on any atom is 0.328 e. The van der Waals surface area contributed by atoms with Gasteiger partial charge in [-0.2, -0.15) is 0 Å². The van der Waals surface area contributed by atoms with Gasteiger partial charge in [0.1, 0.15) is 0 Å². The summed E-state index contributed by atoms with van der Waals surface area (Å²) in [5, 5.41) is 17.4. The van der Waals surface area contributed by atoms with Gasteiger partial charge in [0.05, 0.1) is 6.10 Å². The fraction of sp³-hybridized carbons (Fsp3) is 0.591. The largest absolute Gasteiger partial charge is 0.478 e. The molecule has 0 aliphatic rings. The fourth-order valence-electron chi connectivity index (χ4n) is 2.61. The van der Waals surface area contributed by atoms with Crippen LogP contribution in [-0.4, -0.2) is 22.4 Å². The molecule has 0 aliphatic heterocycles. The van der Waals surface area contributed by atoms with Crippen LogP contribution in [0.5, 0.6) is 0 Å². The lowest BCUT2D eigenvalue weighted by Crippen LogP contribution is -2.10. The molecule has 0 heterocycles. The van der Waals surface area contributed by atoms with Gasteiger partial charge in [-0.3, -0.25) is 5.26 Å². The van der Waals surface area contributed by atoms with Crippen molar-refractivity contribution in [3.8, 4) is 0 Å². The van der Waals surface area contributed by atoms with Crippen molar-refractivity contribution in [2.75, 3.05) is 0 Å². The molecule has 2 N–H and O–H groups in total. The van der Waals surface area contributed by atoms with E-state index in [1.165, 1.54) is 38.2 Å². The Kier molecular flexibility index (Phi) is 18.4. The van der Waals surface area contributed by atoms with Gasteiger partial charge in [-0.1, -0.05) is 94.4 Å². The van der Waals surface area contributed by atoms with Crippen molar-refractivity contribution >= 4 is 5.97 Å². The number of hydrogen-bond donors (Lipinski definition) is 2. The average Bonchev–Trinajstić information content (AvgIpc) is 2.63. The van der Waals surface area contributed by atoms with Gasteiger partial charge in [-0.15, -0.1) is 0 Å². The van der Waals surface area contributed by atoms with Crippen molar-refractivity contribution in [2.24, 2.45) is 0 Å². The van der Waals surface area contributed by atoms with E-state index in [0.29, 0.717) is 0 Å². The van der Waals surface area contributed by atoms with Crippen LogP contribution >= 0.6 is 0 Å². The standard InChI is InChI=1S/C22H36O4/c1-2-3-4-5-12-15-18-21(26-25)19-16-13-10-8-6-7-9-11-14-17-20-22(23)24/h6-9,11,14,17,20-21,25H,2-5,10,12-13,15-16,18-19H2,1H3,(H,23,24). The molecule has 1 unspecified atom stereocenters. The van der Waals surface area contributed by atoms with Gasteiger partial charge >= 0.3 is 5.97 Å². The van der Waals surface area contributed by atoms with Crippen molar-refractivity contribution in [1.29, 1.82) is 0 Å². The second-order valence-electron chi connectivity index (χ2n) is 6.46. The van der Waals surface area contributed by atoms with Gasteiger partial charge in [0.15, 0.2) is 0 Å². The Bertz CT molecular complexity index is 435. The van der Waals surface area contributed by atoms with Crippen LogP contribution in [0.15, 0.2) is 48.6 Å². The number of unbranched alkanes of at least 4 members (excludes halogenated alkanes) is 7. The summed E-state index contributed by atoms with van der Waals surface area (Å²) in [5.41, 5.74) is 0. The van der Waals surface area contributed by atoms with E-state index in [1.54, 1.807) is 12.2 Å². The van der Waals surface area contributed by atoms with Crippen LogP contribution in [0, 0.1) is 0 Å². The number of rotatable bonds is 17. The van der Waals surface area contributed by atoms with E-state index < -0.39 is 5.97 Å². The lowest BCUT2D eigenvalue weighted by molar-refractivity contribution is -0.281. The zero-order valence-electron chi connectivity index (χ0n) is 16.2. The summed E-state index contributed by atoms with van der Waals surface area (Å²) in [4.78, 5) is 14.9. The quantitative estimate of drug-likeness (QED) is 0.102. The highest BCUT2D eigenvalue weighted by Crippen LogP contribution is 2.15. The van der Waals surface area contributed by atoms with Crippen LogP contribution in [0.2, 0.25) is 0 Å². The highest BCUT2D eigenvalue weighted by atomic mass is 17.1. The predicted molar refractivity (Wildman–Crippen MR) is 108 cm³/mol. The van der Waals surface area contributed by atoms with Crippen LogP contribution in [-0.2, 0) is 9.68 Å². The van der Waals surface area contributed by atoms with E-state index in [4.69, 9.17) is 10.4 Å². The molecular formula is C22H36O4. The van der Waals surface area contributed by atoms with Gasteiger partial charge in [0, 0.05) is 6.08 Å². The van der Waals surface area contributed by atoms with Crippen LogP contribution in [0.25, 0.3) is 0 Å². The number of hydrogen-bond acceptors (Lipinski definition) is 3. The highest BCUT2D eigenvalue weighted by Gasteiger charge is 2.07. The van der Waals surface area contributed by atoms with E-state index in [9.17, 15) is 4.79 Å². The molecule has 4 nitrogen and oxygen atoms in total. The summed E-state index contributed by atoms with van der Waals surface area (Å²) in [6, 6.07) is 0. The molecule has 0 aromatic carbocycles. The first-order valence-corrected chi connectivity index (χ1v) is 9.90. The number of carboxylic acid groups (broad SMARTS) is 1. The van der Waals surface area contributed by atoms with Crippen molar-refractivity contribution < 1.29 is 20.0 Å². The Morgan fingerprint density at radius 3 is 2.08 bits per heavy atom. The molecule has 0 aromatic heterocycles. The Hall–Kier alpha value is -1.65. The SMILES string of the molecule is CCCCCCCCC(CCCCC=CC=CC=CC=CC(=O)O)OO. The lowest BCUT2D eigenvalue weighted by atomic mass is 10.0. The summed E-state index contributed by atoms with van der Waals surface area (Å²) in [7, 11) is 0. The molecule has 1 atom stereocenters. The molecule has 4 heteroatoms. The van der Waals surface area contributed by atoms with Crippen molar-refractivity contribution in [3.63, 3.8) is 0 Å². The number of carbonyl (C=O) groups is 1. The molecule has 0 amide bonds. The van der Waals surface area contributed by atoms with Gasteiger partial charge in [0.2, 0.25) is 0 Å². The normalized spacial score (nSPS) is 13.6. The van der Waals surface area contributed by atoms with Crippen molar-refractivity contribution in [2.45, 2.75) is 83.7 Å². The smallest absolute Gasteiger partial charge is 0.328 e. The zero-order chi connectivity index (χ0) is 19.3. The predicted octanol–water partition coefficient (Wildman–Crippen LogP) is 6.47. The maximum absolute atomic E-state index is 10.2. The summed E-state index contributed by atoms with van der Waals surface area (Å²) in [5.74, 6) is -0.945. The van der Waals surface area contributed by atoms with Crippen molar-refractivity contribution in [1.82, 2.24) is 0 Å². The minimum atomic E-state index is -0.945.